The third-order valence-corrected chi connectivity index (χ3v) is 3.36. The molecule has 0 spiro atoms. The Morgan fingerprint density at radius 2 is 1.78 bits per heavy atom. The van der Waals surface area contributed by atoms with Gasteiger partial charge in [0.25, 0.3) is 0 Å². The topological polar surface area (TPSA) is 70.7 Å². The van der Waals surface area contributed by atoms with Gasteiger partial charge in [-0.2, -0.15) is 0 Å². The lowest BCUT2D eigenvalue weighted by Crippen LogP contribution is -2.49. The molecule has 6 heteroatoms. The Bertz CT molecular complexity index is 514. The Morgan fingerprint density at radius 1 is 1.17 bits per heavy atom. The minimum absolute atomic E-state index is 0.0142. The summed E-state index contributed by atoms with van der Waals surface area (Å²) in [6, 6.07) is 6.86. The zero-order chi connectivity index (χ0) is 17.4. The molecule has 1 rings (SSSR count). The van der Waals surface area contributed by atoms with Crippen molar-refractivity contribution in [3.63, 3.8) is 0 Å². The fraction of sp³-hybridized carbons (Fsp3) is 0.529. The summed E-state index contributed by atoms with van der Waals surface area (Å²) in [7, 11) is 1.85. The van der Waals surface area contributed by atoms with Crippen LogP contribution in [0.1, 0.15) is 33.3 Å². The molecule has 0 saturated heterocycles. The average molecular weight is 321 g/mol. The van der Waals surface area contributed by atoms with Crippen LogP contribution in [0.3, 0.4) is 0 Å². The summed E-state index contributed by atoms with van der Waals surface area (Å²) in [5.41, 5.74) is 1.07. The van der Waals surface area contributed by atoms with Crippen LogP contribution in [0.5, 0.6) is 5.75 Å². The van der Waals surface area contributed by atoms with E-state index in [1.54, 1.807) is 6.92 Å². The lowest BCUT2D eigenvalue weighted by atomic mass is 10.2. The predicted molar refractivity (Wildman–Crippen MR) is 90.4 cm³/mol. The van der Waals surface area contributed by atoms with Crippen molar-refractivity contribution in [3.05, 3.63) is 29.8 Å². The normalized spacial score (nSPS) is 12.1. The average Bonchev–Trinajstić information content (AvgIpc) is 2.47. The SMILES string of the molecule is CCOc1ccc(CN(C)[C@@H](C)C(=O)NC(=O)NC(C)C)cc1. The van der Waals surface area contributed by atoms with E-state index in [2.05, 4.69) is 10.6 Å². The van der Waals surface area contributed by atoms with Gasteiger partial charge in [0.05, 0.1) is 12.6 Å². The Labute approximate surface area is 138 Å². The third kappa shape index (κ3) is 6.69. The van der Waals surface area contributed by atoms with Crippen LogP contribution in [-0.4, -0.2) is 42.6 Å². The van der Waals surface area contributed by atoms with Gasteiger partial charge in [0.15, 0.2) is 0 Å². The van der Waals surface area contributed by atoms with Gasteiger partial charge in [-0.3, -0.25) is 15.0 Å². The number of urea groups is 1. The van der Waals surface area contributed by atoms with Crippen molar-refractivity contribution in [2.24, 2.45) is 0 Å². The maximum absolute atomic E-state index is 12.1. The van der Waals surface area contributed by atoms with E-state index in [9.17, 15) is 9.59 Å². The number of imide groups is 1. The van der Waals surface area contributed by atoms with Crippen molar-refractivity contribution < 1.29 is 14.3 Å². The van der Waals surface area contributed by atoms with Crippen LogP contribution < -0.4 is 15.4 Å². The van der Waals surface area contributed by atoms with Gasteiger partial charge in [-0.15, -0.1) is 0 Å². The molecule has 3 amide bonds. The molecule has 0 fully saturated rings. The summed E-state index contributed by atoms with van der Waals surface area (Å²) in [5.74, 6) is 0.506. The number of rotatable bonds is 7. The molecule has 6 nitrogen and oxygen atoms in total. The lowest BCUT2D eigenvalue weighted by molar-refractivity contribution is -0.124. The predicted octanol–water partition coefficient (Wildman–Crippen LogP) is 2.14. The van der Waals surface area contributed by atoms with Crippen molar-refractivity contribution in [1.29, 1.82) is 0 Å². The van der Waals surface area contributed by atoms with Crippen molar-refractivity contribution in [3.8, 4) is 5.75 Å². The molecule has 0 unspecified atom stereocenters. The molecule has 23 heavy (non-hydrogen) atoms. The van der Waals surface area contributed by atoms with Gasteiger partial charge in [-0.05, 0) is 52.4 Å². The first-order valence-corrected chi connectivity index (χ1v) is 7.86. The first-order valence-electron chi connectivity index (χ1n) is 7.86. The molecule has 0 bridgehead atoms. The van der Waals surface area contributed by atoms with Crippen LogP contribution in [-0.2, 0) is 11.3 Å². The van der Waals surface area contributed by atoms with Gasteiger partial charge in [-0.1, -0.05) is 12.1 Å². The van der Waals surface area contributed by atoms with Crippen LogP contribution in [0, 0.1) is 0 Å². The molecule has 0 aliphatic heterocycles. The summed E-state index contributed by atoms with van der Waals surface area (Å²) in [6.45, 7) is 8.63. The standard InChI is InChI=1S/C17H27N3O3/c1-6-23-15-9-7-14(8-10-15)11-20(5)13(4)16(21)19-17(22)18-12(2)3/h7-10,12-13H,6,11H2,1-5H3,(H2,18,19,21,22)/t13-/m0/s1. The van der Waals surface area contributed by atoms with Crippen molar-refractivity contribution in [2.75, 3.05) is 13.7 Å². The quantitative estimate of drug-likeness (QED) is 0.807. The van der Waals surface area contributed by atoms with E-state index in [-0.39, 0.29) is 11.9 Å². The fourth-order valence-corrected chi connectivity index (χ4v) is 2.00. The molecule has 0 aliphatic rings. The smallest absolute Gasteiger partial charge is 0.321 e. The minimum atomic E-state index is -0.466. The van der Waals surface area contributed by atoms with E-state index >= 15 is 0 Å². The van der Waals surface area contributed by atoms with Crippen LogP contribution in [0.4, 0.5) is 4.79 Å². The monoisotopic (exact) mass is 321 g/mol. The summed E-state index contributed by atoms with van der Waals surface area (Å²) in [6.07, 6.45) is 0. The molecule has 2 N–H and O–H groups in total. The van der Waals surface area contributed by atoms with Crippen molar-refractivity contribution in [1.82, 2.24) is 15.5 Å². The van der Waals surface area contributed by atoms with E-state index in [4.69, 9.17) is 4.74 Å². The number of ether oxygens (including phenoxy) is 1. The summed E-state index contributed by atoms with van der Waals surface area (Å²) >= 11 is 0. The summed E-state index contributed by atoms with van der Waals surface area (Å²) in [4.78, 5) is 25.5. The number of benzene rings is 1. The van der Waals surface area contributed by atoms with Crippen molar-refractivity contribution >= 4 is 11.9 Å². The molecule has 128 valence electrons. The molecule has 1 aromatic rings. The molecule has 1 aromatic carbocycles. The van der Waals surface area contributed by atoms with Gasteiger partial charge < -0.3 is 10.1 Å². The molecule has 1 atom stereocenters. The Balaban J connectivity index is 2.53. The maximum Gasteiger partial charge on any atom is 0.321 e. The van der Waals surface area contributed by atoms with Crippen LogP contribution >= 0.6 is 0 Å². The zero-order valence-electron chi connectivity index (χ0n) is 14.6. The van der Waals surface area contributed by atoms with Gasteiger partial charge in [0, 0.05) is 12.6 Å². The second-order valence-corrected chi connectivity index (χ2v) is 5.79. The number of likely N-dealkylation sites (N-methyl/N-ethyl adjacent to an activating group) is 1. The highest BCUT2D eigenvalue weighted by Crippen LogP contribution is 2.14. The van der Waals surface area contributed by atoms with E-state index in [0.717, 1.165) is 11.3 Å². The van der Waals surface area contributed by atoms with Crippen LogP contribution in [0.15, 0.2) is 24.3 Å². The molecule has 0 radical (unpaired) electrons. The van der Waals surface area contributed by atoms with E-state index < -0.39 is 12.1 Å². The first kappa shape index (κ1) is 19.0. The lowest BCUT2D eigenvalue weighted by Gasteiger charge is -2.24. The first-order chi connectivity index (χ1) is 10.8. The van der Waals surface area contributed by atoms with E-state index in [1.165, 1.54) is 0 Å². The summed E-state index contributed by atoms with van der Waals surface area (Å²) in [5, 5.41) is 4.98. The number of hydrogen-bond donors (Lipinski definition) is 2. The van der Waals surface area contributed by atoms with Gasteiger partial charge >= 0.3 is 6.03 Å². The Hall–Kier alpha value is -2.08. The molecule has 0 saturated carbocycles. The Kier molecular flexibility index (Phi) is 7.54. The number of amides is 3. The van der Waals surface area contributed by atoms with E-state index in [1.807, 2.05) is 57.0 Å². The van der Waals surface area contributed by atoms with Gasteiger partial charge in [0.2, 0.25) is 5.91 Å². The van der Waals surface area contributed by atoms with E-state index in [0.29, 0.717) is 13.2 Å². The number of hydrogen-bond acceptors (Lipinski definition) is 4. The molecular formula is C17H27N3O3. The number of carbonyl (C=O) groups is 2. The van der Waals surface area contributed by atoms with Crippen LogP contribution in [0.2, 0.25) is 0 Å². The maximum atomic E-state index is 12.1. The van der Waals surface area contributed by atoms with Gasteiger partial charge in [-0.25, -0.2) is 4.79 Å². The second-order valence-electron chi connectivity index (χ2n) is 5.79. The number of nitrogens with zero attached hydrogens (tertiary/aromatic N) is 1. The highest BCUT2D eigenvalue weighted by molar-refractivity contribution is 5.96. The molecule has 0 heterocycles. The second kappa shape index (κ2) is 9.15. The minimum Gasteiger partial charge on any atom is -0.494 e. The summed E-state index contributed by atoms with van der Waals surface area (Å²) < 4.78 is 5.40. The molecule has 0 aromatic heterocycles. The van der Waals surface area contributed by atoms with Crippen LogP contribution in [0.25, 0.3) is 0 Å². The van der Waals surface area contributed by atoms with Gasteiger partial charge in [0.1, 0.15) is 5.75 Å². The fourth-order valence-electron chi connectivity index (χ4n) is 2.00. The highest BCUT2D eigenvalue weighted by Gasteiger charge is 2.20. The highest BCUT2D eigenvalue weighted by atomic mass is 16.5. The number of nitrogens with one attached hydrogen (secondary N) is 2. The largest absolute Gasteiger partial charge is 0.494 e. The Morgan fingerprint density at radius 3 is 2.30 bits per heavy atom. The third-order valence-electron chi connectivity index (χ3n) is 3.36. The molecule has 0 aliphatic carbocycles. The van der Waals surface area contributed by atoms with Crippen molar-refractivity contribution in [2.45, 2.75) is 46.3 Å². The zero-order valence-corrected chi connectivity index (χ0v) is 14.6. The molecular weight excluding hydrogens is 294 g/mol. The number of carbonyl (C=O) groups excluding carboxylic acids is 2.